The molecule has 0 aromatic heterocycles. The molecule has 0 spiro atoms. The Labute approximate surface area is 112 Å². The van der Waals surface area contributed by atoms with Gasteiger partial charge in [0, 0.05) is 0 Å². The minimum atomic E-state index is -0.248. The Kier molecular flexibility index (Phi) is 3.05. The van der Waals surface area contributed by atoms with Gasteiger partial charge in [0.2, 0.25) is 0 Å². The molecule has 1 aliphatic carbocycles. The summed E-state index contributed by atoms with van der Waals surface area (Å²) in [4.78, 5) is 11.3. The van der Waals surface area contributed by atoms with Crippen molar-refractivity contribution < 1.29 is 9.53 Å². The third kappa shape index (κ3) is 2.02. The molecule has 0 radical (unpaired) electrons. The number of benzene rings is 2. The summed E-state index contributed by atoms with van der Waals surface area (Å²) in [7, 11) is 1.40. The molecule has 19 heavy (non-hydrogen) atoms. The Hall–Kier alpha value is -2.13. The van der Waals surface area contributed by atoms with Crippen LogP contribution in [-0.2, 0) is 9.53 Å². The normalized spacial score (nSPS) is 12.9. The molecule has 0 amide bonds. The van der Waals surface area contributed by atoms with Crippen molar-refractivity contribution in [2.45, 2.75) is 6.04 Å². The Bertz CT molecular complexity index is 576. The molecule has 2 aromatic carbocycles. The molecule has 3 rings (SSSR count). The zero-order chi connectivity index (χ0) is 13.2. The van der Waals surface area contributed by atoms with Crippen molar-refractivity contribution in [3.63, 3.8) is 0 Å². The molecule has 0 bridgehead atoms. The lowest BCUT2D eigenvalue weighted by Gasteiger charge is -2.14. The summed E-state index contributed by atoms with van der Waals surface area (Å²) >= 11 is 0. The van der Waals surface area contributed by atoms with Crippen molar-refractivity contribution in [3.05, 3.63) is 59.7 Å². The van der Waals surface area contributed by atoms with Crippen molar-refractivity contribution in [3.8, 4) is 11.1 Å². The van der Waals surface area contributed by atoms with Crippen LogP contribution < -0.4 is 5.32 Å². The summed E-state index contributed by atoms with van der Waals surface area (Å²) in [6.07, 6.45) is 0. The lowest BCUT2D eigenvalue weighted by atomic mass is 10.1. The SMILES string of the molecule is COC(=O)CNC1c2ccccc2-c2ccccc21. The molecule has 2 aromatic rings. The molecule has 96 valence electrons. The molecule has 0 saturated carbocycles. The number of hydrogen-bond donors (Lipinski definition) is 1. The summed E-state index contributed by atoms with van der Waals surface area (Å²) in [6, 6.07) is 16.6. The number of hydrogen-bond acceptors (Lipinski definition) is 3. The van der Waals surface area contributed by atoms with Crippen molar-refractivity contribution in [2.24, 2.45) is 0 Å². The molecule has 3 nitrogen and oxygen atoms in total. The maximum atomic E-state index is 11.3. The van der Waals surface area contributed by atoms with Crippen LogP contribution in [0.4, 0.5) is 0 Å². The van der Waals surface area contributed by atoms with Gasteiger partial charge in [-0.3, -0.25) is 10.1 Å². The fraction of sp³-hybridized carbons (Fsp3) is 0.188. The number of rotatable bonds is 3. The monoisotopic (exact) mass is 253 g/mol. The molecule has 0 aliphatic heterocycles. The highest BCUT2D eigenvalue weighted by atomic mass is 16.5. The van der Waals surface area contributed by atoms with Crippen molar-refractivity contribution in [1.29, 1.82) is 0 Å². The van der Waals surface area contributed by atoms with Gasteiger partial charge in [0.1, 0.15) is 0 Å². The first-order chi connectivity index (χ1) is 9.31. The molecule has 0 fully saturated rings. The molecule has 1 N–H and O–H groups in total. The number of fused-ring (bicyclic) bond motifs is 3. The largest absolute Gasteiger partial charge is 0.468 e. The standard InChI is InChI=1S/C16H15NO2/c1-19-15(18)10-17-16-13-8-4-2-6-11(13)12-7-3-5-9-14(12)16/h2-9,16-17H,10H2,1H3. The van der Waals surface area contributed by atoms with E-state index < -0.39 is 0 Å². The lowest BCUT2D eigenvalue weighted by molar-refractivity contribution is -0.139. The van der Waals surface area contributed by atoms with Gasteiger partial charge in [-0.15, -0.1) is 0 Å². The van der Waals surface area contributed by atoms with Gasteiger partial charge in [0.25, 0.3) is 0 Å². The van der Waals surface area contributed by atoms with Gasteiger partial charge >= 0.3 is 5.97 Å². The van der Waals surface area contributed by atoms with Crippen molar-refractivity contribution >= 4 is 5.97 Å². The molecular weight excluding hydrogens is 238 g/mol. The second-order valence-corrected chi connectivity index (χ2v) is 4.56. The lowest BCUT2D eigenvalue weighted by Crippen LogP contribution is -2.27. The topological polar surface area (TPSA) is 38.3 Å². The van der Waals surface area contributed by atoms with E-state index in [1.807, 2.05) is 24.3 Å². The van der Waals surface area contributed by atoms with Gasteiger partial charge in [-0.2, -0.15) is 0 Å². The highest BCUT2D eigenvalue weighted by molar-refractivity contribution is 5.79. The molecule has 3 heteroatoms. The quantitative estimate of drug-likeness (QED) is 0.854. The van der Waals surface area contributed by atoms with Crippen LogP contribution in [0.2, 0.25) is 0 Å². The van der Waals surface area contributed by atoms with Crippen LogP contribution in [0.5, 0.6) is 0 Å². The molecule has 1 aliphatic rings. The van der Waals surface area contributed by atoms with E-state index in [0.717, 1.165) is 0 Å². The summed E-state index contributed by atoms with van der Waals surface area (Å²) in [5, 5.41) is 3.27. The van der Waals surface area contributed by atoms with Gasteiger partial charge < -0.3 is 4.74 Å². The minimum absolute atomic E-state index is 0.0616. The smallest absolute Gasteiger partial charge is 0.319 e. The van der Waals surface area contributed by atoms with Gasteiger partial charge in [0.15, 0.2) is 0 Å². The summed E-state index contributed by atoms with van der Waals surface area (Å²) in [6.45, 7) is 0.212. The number of ether oxygens (including phenoxy) is 1. The van der Waals surface area contributed by atoms with Crippen molar-refractivity contribution in [2.75, 3.05) is 13.7 Å². The maximum absolute atomic E-state index is 11.3. The third-order valence-corrected chi connectivity index (χ3v) is 3.51. The second-order valence-electron chi connectivity index (χ2n) is 4.56. The van der Waals surface area contributed by atoms with Crippen LogP contribution in [0.1, 0.15) is 17.2 Å². The number of carbonyl (C=O) groups excluding carboxylic acids is 1. The average molecular weight is 253 g/mol. The molecular formula is C16H15NO2. The zero-order valence-corrected chi connectivity index (χ0v) is 10.7. The minimum Gasteiger partial charge on any atom is -0.468 e. The fourth-order valence-corrected chi connectivity index (χ4v) is 2.63. The summed E-state index contributed by atoms with van der Waals surface area (Å²) < 4.78 is 4.68. The zero-order valence-electron chi connectivity index (χ0n) is 10.7. The number of esters is 1. The van der Waals surface area contributed by atoms with Gasteiger partial charge in [0.05, 0.1) is 19.7 Å². The Morgan fingerprint density at radius 3 is 2.11 bits per heavy atom. The predicted molar refractivity (Wildman–Crippen MR) is 73.7 cm³/mol. The summed E-state index contributed by atoms with van der Waals surface area (Å²) in [5.74, 6) is -0.248. The van der Waals surface area contributed by atoms with Gasteiger partial charge in [-0.25, -0.2) is 0 Å². The van der Waals surface area contributed by atoms with E-state index in [1.54, 1.807) is 0 Å². The highest BCUT2D eigenvalue weighted by Crippen LogP contribution is 2.42. The van der Waals surface area contributed by atoms with Crippen LogP contribution in [0.25, 0.3) is 11.1 Å². The predicted octanol–water partition coefficient (Wildman–Crippen LogP) is 2.52. The van der Waals surface area contributed by atoms with Gasteiger partial charge in [-0.05, 0) is 22.3 Å². The molecule has 0 atom stereocenters. The van der Waals surface area contributed by atoms with Crippen LogP contribution in [0.15, 0.2) is 48.5 Å². The van der Waals surface area contributed by atoms with E-state index in [1.165, 1.54) is 29.4 Å². The van der Waals surface area contributed by atoms with E-state index in [2.05, 4.69) is 34.3 Å². The van der Waals surface area contributed by atoms with Crippen LogP contribution >= 0.6 is 0 Å². The maximum Gasteiger partial charge on any atom is 0.319 e. The fourth-order valence-electron chi connectivity index (χ4n) is 2.63. The average Bonchev–Trinajstić information content (AvgIpc) is 2.79. The van der Waals surface area contributed by atoms with Crippen LogP contribution in [0.3, 0.4) is 0 Å². The first kappa shape index (κ1) is 11.9. The van der Waals surface area contributed by atoms with E-state index in [4.69, 9.17) is 0 Å². The number of nitrogens with one attached hydrogen (secondary N) is 1. The van der Waals surface area contributed by atoms with E-state index in [9.17, 15) is 4.79 Å². The Morgan fingerprint density at radius 1 is 1.05 bits per heavy atom. The van der Waals surface area contributed by atoms with Crippen molar-refractivity contribution in [1.82, 2.24) is 5.32 Å². The van der Waals surface area contributed by atoms with Crippen LogP contribution in [-0.4, -0.2) is 19.6 Å². The molecule has 0 unspecified atom stereocenters. The van der Waals surface area contributed by atoms with Crippen LogP contribution in [0, 0.1) is 0 Å². The first-order valence-electron chi connectivity index (χ1n) is 6.29. The molecule has 0 saturated heterocycles. The Balaban J connectivity index is 1.98. The highest BCUT2D eigenvalue weighted by Gasteiger charge is 2.27. The number of carbonyl (C=O) groups is 1. The first-order valence-corrected chi connectivity index (χ1v) is 6.29. The molecule has 0 heterocycles. The van der Waals surface area contributed by atoms with E-state index in [-0.39, 0.29) is 18.6 Å². The summed E-state index contributed by atoms with van der Waals surface area (Å²) in [5.41, 5.74) is 4.90. The van der Waals surface area contributed by atoms with Gasteiger partial charge in [-0.1, -0.05) is 48.5 Å². The number of methoxy groups -OCH3 is 1. The van der Waals surface area contributed by atoms with E-state index in [0.29, 0.717) is 0 Å². The van der Waals surface area contributed by atoms with E-state index >= 15 is 0 Å². The third-order valence-electron chi connectivity index (χ3n) is 3.51. The second kappa shape index (κ2) is 4.86. The Morgan fingerprint density at radius 2 is 1.58 bits per heavy atom.